The average Bonchev–Trinajstić information content (AvgIpc) is 2.76. The van der Waals surface area contributed by atoms with Gasteiger partial charge in [0.05, 0.1) is 10.8 Å². The fourth-order valence-corrected chi connectivity index (χ4v) is 3.20. The monoisotopic (exact) mass is 329 g/mol. The van der Waals surface area contributed by atoms with Crippen molar-refractivity contribution in [2.45, 2.75) is 25.5 Å². The zero-order valence-corrected chi connectivity index (χ0v) is 13.4. The quantitative estimate of drug-likeness (QED) is 0.616. The highest BCUT2D eigenvalue weighted by Crippen LogP contribution is 2.24. The lowest BCUT2D eigenvalue weighted by molar-refractivity contribution is 0.102. The minimum atomic E-state index is -0.0556. The van der Waals surface area contributed by atoms with E-state index in [-0.39, 0.29) is 11.5 Å². The molecule has 20 heavy (non-hydrogen) atoms. The summed E-state index contributed by atoms with van der Waals surface area (Å²) >= 11 is 13.2. The summed E-state index contributed by atoms with van der Waals surface area (Å²) in [6, 6.07) is 4.87. The van der Waals surface area contributed by atoms with E-state index in [1.165, 1.54) is 11.8 Å². The van der Waals surface area contributed by atoms with Crippen molar-refractivity contribution in [1.82, 2.24) is 14.8 Å². The standard InChI is InChI=1S/C13H13Cl2N3OS/c1-3-18-8(2)16-17-13(18)20-7-12(19)10-5-4-9(14)6-11(10)15/h4-6H,3,7H2,1-2H3. The Bertz CT molecular complexity index is 643. The van der Waals surface area contributed by atoms with E-state index in [1.807, 2.05) is 18.4 Å². The summed E-state index contributed by atoms with van der Waals surface area (Å²) in [6.45, 7) is 4.67. The van der Waals surface area contributed by atoms with E-state index in [4.69, 9.17) is 23.2 Å². The lowest BCUT2D eigenvalue weighted by Crippen LogP contribution is -2.05. The third-order valence-corrected chi connectivity index (χ3v) is 4.30. The first kappa shape index (κ1) is 15.4. The Labute approximate surface area is 131 Å². The van der Waals surface area contributed by atoms with Crippen LogP contribution in [-0.2, 0) is 6.54 Å². The zero-order chi connectivity index (χ0) is 14.7. The van der Waals surface area contributed by atoms with Gasteiger partial charge < -0.3 is 4.57 Å². The molecule has 1 aromatic carbocycles. The van der Waals surface area contributed by atoms with Crippen LogP contribution in [0.3, 0.4) is 0 Å². The molecule has 1 aromatic heterocycles. The van der Waals surface area contributed by atoms with Crippen LogP contribution >= 0.6 is 35.0 Å². The molecule has 2 aromatic rings. The maximum Gasteiger partial charge on any atom is 0.191 e. The molecule has 0 aliphatic rings. The molecule has 0 unspecified atom stereocenters. The first-order chi connectivity index (χ1) is 9.52. The van der Waals surface area contributed by atoms with Crippen molar-refractivity contribution in [1.29, 1.82) is 0 Å². The number of ketones is 1. The van der Waals surface area contributed by atoms with Gasteiger partial charge >= 0.3 is 0 Å². The number of hydrogen-bond donors (Lipinski definition) is 0. The zero-order valence-electron chi connectivity index (χ0n) is 11.1. The van der Waals surface area contributed by atoms with E-state index in [2.05, 4.69) is 10.2 Å². The van der Waals surface area contributed by atoms with Gasteiger partial charge in [-0.3, -0.25) is 4.79 Å². The van der Waals surface area contributed by atoms with Crippen molar-refractivity contribution in [3.05, 3.63) is 39.6 Å². The van der Waals surface area contributed by atoms with E-state index in [0.29, 0.717) is 15.6 Å². The summed E-state index contributed by atoms with van der Waals surface area (Å²) in [7, 11) is 0. The third kappa shape index (κ3) is 3.34. The number of aryl methyl sites for hydroxylation is 1. The molecule has 0 saturated carbocycles. The number of carbonyl (C=O) groups excluding carboxylic acids is 1. The van der Waals surface area contributed by atoms with Crippen molar-refractivity contribution >= 4 is 40.7 Å². The molecule has 106 valence electrons. The van der Waals surface area contributed by atoms with Crippen LogP contribution in [0.25, 0.3) is 0 Å². The molecule has 0 spiro atoms. The maximum absolute atomic E-state index is 12.2. The lowest BCUT2D eigenvalue weighted by Gasteiger charge is -2.05. The number of thioether (sulfide) groups is 1. The van der Waals surface area contributed by atoms with Gasteiger partial charge in [0.25, 0.3) is 0 Å². The van der Waals surface area contributed by atoms with Crippen LogP contribution in [-0.4, -0.2) is 26.3 Å². The summed E-state index contributed by atoms with van der Waals surface area (Å²) < 4.78 is 1.96. The summed E-state index contributed by atoms with van der Waals surface area (Å²) in [5.41, 5.74) is 0.475. The molecule has 0 bridgehead atoms. The second-order valence-corrected chi connectivity index (χ2v) is 5.90. The molecule has 0 fully saturated rings. The Morgan fingerprint density at radius 2 is 2.10 bits per heavy atom. The fraction of sp³-hybridized carbons (Fsp3) is 0.308. The van der Waals surface area contributed by atoms with Crippen LogP contribution in [0.5, 0.6) is 0 Å². The van der Waals surface area contributed by atoms with E-state index in [1.54, 1.807) is 18.2 Å². The largest absolute Gasteiger partial charge is 0.307 e. The molecule has 1 heterocycles. The van der Waals surface area contributed by atoms with E-state index < -0.39 is 0 Å². The summed E-state index contributed by atoms with van der Waals surface area (Å²) in [4.78, 5) is 12.2. The number of Topliss-reactive ketones (excluding diaryl/α,β-unsaturated/α-hetero) is 1. The minimum Gasteiger partial charge on any atom is -0.307 e. The first-order valence-electron chi connectivity index (χ1n) is 6.03. The summed E-state index contributed by atoms with van der Waals surface area (Å²) in [5, 5.41) is 9.69. The summed E-state index contributed by atoms with van der Waals surface area (Å²) in [5.74, 6) is 1.05. The number of hydrogen-bond acceptors (Lipinski definition) is 4. The normalized spacial score (nSPS) is 10.8. The number of nitrogens with zero attached hydrogens (tertiary/aromatic N) is 3. The number of rotatable bonds is 5. The number of benzene rings is 1. The number of carbonyl (C=O) groups is 1. The molecule has 0 radical (unpaired) electrons. The van der Waals surface area contributed by atoms with Crippen molar-refractivity contribution in [2.75, 3.05) is 5.75 Å². The van der Waals surface area contributed by atoms with Gasteiger partial charge in [0.1, 0.15) is 5.82 Å². The van der Waals surface area contributed by atoms with Crippen molar-refractivity contribution in [3.8, 4) is 0 Å². The molecule has 0 aliphatic carbocycles. The topological polar surface area (TPSA) is 47.8 Å². The Balaban J connectivity index is 2.08. The van der Waals surface area contributed by atoms with Crippen molar-refractivity contribution in [2.24, 2.45) is 0 Å². The van der Waals surface area contributed by atoms with Crippen molar-refractivity contribution < 1.29 is 4.79 Å². The van der Waals surface area contributed by atoms with Crippen molar-refractivity contribution in [3.63, 3.8) is 0 Å². The van der Waals surface area contributed by atoms with E-state index >= 15 is 0 Å². The Morgan fingerprint density at radius 1 is 1.35 bits per heavy atom. The predicted octanol–water partition coefficient (Wildman–Crippen LogP) is 3.89. The molecule has 0 saturated heterocycles. The van der Waals surface area contributed by atoms with Crippen LogP contribution in [0.2, 0.25) is 10.0 Å². The van der Waals surface area contributed by atoms with Crippen LogP contribution < -0.4 is 0 Å². The van der Waals surface area contributed by atoms with Gasteiger partial charge in [-0.15, -0.1) is 10.2 Å². The van der Waals surface area contributed by atoms with Crippen LogP contribution in [0.15, 0.2) is 23.4 Å². The Morgan fingerprint density at radius 3 is 2.75 bits per heavy atom. The highest BCUT2D eigenvalue weighted by atomic mass is 35.5. The number of aromatic nitrogens is 3. The molecule has 0 N–H and O–H groups in total. The van der Waals surface area contributed by atoms with E-state index in [0.717, 1.165) is 17.5 Å². The van der Waals surface area contributed by atoms with Crippen LogP contribution in [0, 0.1) is 6.92 Å². The van der Waals surface area contributed by atoms with Gasteiger partial charge in [-0.2, -0.15) is 0 Å². The minimum absolute atomic E-state index is 0.0556. The smallest absolute Gasteiger partial charge is 0.191 e. The molecule has 7 heteroatoms. The van der Waals surface area contributed by atoms with Crippen LogP contribution in [0.4, 0.5) is 0 Å². The van der Waals surface area contributed by atoms with Gasteiger partial charge in [-0.05, 0) is 32.0 Å². The highest BCUT2D eigenvalue weighted by molar-refractivity contribution is 7.99. The predicted molar refractivity (Wildman–Crippen MR) is 81.9 cm³/mol. The second kappa shape index (κ2) is 6.61. The maximum atomic E-state index is 12.2. The molecular weight excluding hydrogens is 317 g/mol. The van der Waals surface area contributed by atoms with E-state index in [9.17, 15) is 4.79 Å². The number of halogens is 2. The summed E-state index contributed by atoms with van der Waals surface area (Å²) in [6.07, 6.45) is 0. The highest BCUT2D eigenvalue weighted by Gasteiger charge is 2.14. The van der Waals surface area contributed by atoms with Gasteiger partial charge in [0, 0.05) is 17.1 Å². The fourth-order valence-electron chi connectivity index (χ4n) is 1.76. The van der Waals surface area contributed by atoms with Crippen LogP contribution in [0.1, 0.15) is 23.1 Å². The van der Waals surface area contributed by atoms with Gasteiger partial charge in [-0.1, -0.05) is 35.0 Å². The Kier molecular flexibility index (Phi) is 5.07. The second-order valence-electron chi connectivity index (χ2n) is 4.11. The molecule has 2 rings (SSSR count). The average molecular weight is 330 g/mol. The molecule has 0 amide bonds. The SMILES string of the molecule is CCn1c(C)nnc1SCC(=O)c1ccc(Cl)cc1Cl. The van der Waals surface area contributed by atoms with Gasteiger partial charge in [-0.25, -0.2) is 0 Å². The van der Waals surface area contributed by atoms with Gasteiger partial charge in [0.15, 0.2) is 10.9 Å². The molecule has 4 nitrogen and oxygen atoms in total. The van der Waals surface area contributed by atoms with Gasteiger partial charge in [0.2, 0.25) is 0 Å². The molecule has 0 atom stereocenters. The molecule has 0 aliphatic heterocycles. The molecular formula is C13H13Cl2N3OS. The lowest BCUT2D eigenvalue weighted by atomic mass is 10.1. The third-order valence-electron chi connectivity index (χ3n) is 2.78. The first-order valence-corrected chi connectivity index (χ1v) is 7.78. The Hall–Kier alpha value is -1.04.